The van der Waals surface area contributed by atoms with Gasteiger partial charge in [-0.3, -0.25) is 14.5 Å². The second-order valence-electron chi connectivity index (χ2n) is 8.44. The van der Waals surface area contributed by atoms with Crippen molar-refractivity contribution >= 4 is 5.91 Å². The first kappa shape index (κ1) is 18.7. The Bertz CT molecular complexity index is 725. The maximum Gasteiger partial charge on any atom is 0.267 e. The molecule has 148 valence electrons. The van der Waals surface area contributed by atoms with Crippen LogP contribution in [0.15, 0.2) is 10.9 Å². The number of aromatic nitrogens is 2. The van der Waals surface area contributed by atoms with Crippen LogP contribution in [0.2, 0.25) is 0 Å². The fourth-order valence-corrected chi connectivity index (χ4v) is 4.60. The summed E-state index contributed by atoms with van der Waals surface area (Å²) >= 11 is 0. The van der Waals surface area contributed by atoms with Gasteiger partial charge in [0, 0.05) is 31.1 Å². The highest BCUT2D eigenvalue weighted by molar-refractivity contribution is 5.79. The van der Waals surface area contributed by atoms with Crippen LogP contribution < -0.4 is 10.9 Å². The molecule has 3 aliphatic rings. The lowest BCUT2D eigenvalue weighted by Gasteiger charge is -2.36. The Hall–Kier alpha value is -1.69. The van der Waals surface area contributed by atoms with Crippen molar-refractivity contribution < 1.29 is 4.79 Å². The molecule has 6 heteroatoms. The summed E-state index contributed by atoms with van der Waals surface area (Å²) < 4.78 is 1.66. The smallest absolute Gasteiger partial charge is 0.267 e. The number of amides is 1. The number of fused-ring (bicyclic) bond motifs is 1. The highest BCUT2D eigenvalue weighted by atomic mass is 16.2. The average molecular weight is 373 g/mol. The van der Waals surface area contributed by atoms with E-state index in [9.17, 15) is 9.59 Å². The third-order valence-corrected chi connectivity index (χ3v) is 6.61. The van der Waals surface area contributed by atoms with Crippen LogP contribution in [0.25, 0.3) is 0 Å². The minimum Gasteiger partial charge on any atom is -0.354 e. The van der Waals surface area contributed by atoms with E-state index in [1.54, 1.807) is 10.7 Å². The van der Waals surface area contributed by atoms with Crippen molar-refractivity contribution in [1.82, 2.24) is 20.0 Å². The van der Waals surface area contributed by atoms with Crippen LogP contribution in [0.1, 0.15) is 62.6 Å². The van der Waals surface area contributed by atoms with Gasteiger partial charge in [-0.1, -0.05) is 12.8 Å². The van der Waals surface area contributed by atoms with Crippen LogP contribution in [0, 0.1) is 5.92 Å². The summed E-state index contributed by atoms with van der Waals surface area (Å²) in [5, 5.41) is 7.82. The van der Waals surface area contributed by atoms with Crippen molar-refractivity contribution in [3.8, 4) is 0 Å². The van der Waals surface area contributed by atoms with Crippen LogP contribution in [0.5, 0.6) is 0 Å². The largest absolute Gasteiger partial charge is 0.354 e. The summed E-state index contributed by atoms with van der Waals surface area (Å²) in [6.07, 6.45) is 11.2. The van der Waals surface area contributed by atoms with E-state index in [2.05, 4.69) is 15.3 Å². The Morgan fingerprint density at radius 2 is 1.93 bits per heavy atom. The molecule has 1 unspecified atom stereocenters. The summed E-state index contributed by atoms with van der Waals surface area (Å²) in [5.41, 5.74) is 2.29. The monoisotopic (exact) mass is 372 g/mol. The normalized spacial score (nSPS) is 23.5. The van der Waals surface area contributed by atoms with E-state index >= 15 is 0 Å². The molecule has 0 radical (unpaired) electrons. The SMILES string of the molecule is O=C(NCC1CCCCN1CCn1nc2c(cc1=O)CCCC2)C1CCC1. The number of piperidine rings is 1. The lowest BCUT2D eigenvalue weighted by atomic mass is 9.85. The van der Waals surface area contributed by atoms with Gasteiger partial charge >= 0.3 is 0 Å². The molecule has 27 heavy (non-hydrogen) atoms. The van der Waals surface area contributed by atoms with E-state index in [0.29, 0.717) is 12.6 Å². The second-order valence-corrected chi connectivity index (χ2v) is 8.44. The second kappa shape index (κ2) is 8.55. The highest BCUT2D eigenvalue weighted by Gasteiger charge is 2.27. The summed E-state index contributed by atoms with van der Waals surface area (Å²) in [4.78, 5) is 27.0. The molecule has 2 fully saturated rings. The molecule has 1 N–H and O–H groups in total. The summed E-state index contributed by atoms with van der Waals surface area (Å²) in [6, 6.07) is 2.18. The number of hydrogen-bond donors (Lipinski definition) is 1. The van der Waals surface area contributed by atoms with Crippen LogP contribution >= 0.6 is 0 Å². The van der Waals surface area contributed by atoms with Crippen molar-refractivity contribution in [1.29, 1.82) is 0 Å². The summed E-state index contributed by atoms with van der Waals surface area (Å²) in [6.45, 7) is 3.25. The predicted octanol–water partition coefficient (Wildman–Crippen LogP) is 1.89. The average Bonchev–Trinajstić information content (AvgIpc) is 2.64. The Labute approximate surface area is 161 Å². The standard InChI is InChI=1S/C21H32N4O2/c26-20-14-17-6-1-2-10-19(17)23-25(20)13-12-24-11-4-3-9-18(24)15-22-21(27)16-7-5-8-16/h14,16,18H,1-13,15H2,(H,22,27). The topological polar surface area (TPSA) is 67.2 Å². The van der Waals surface area contributed by atoms with E-state index < -0.39 is 0 Å². The molecule has 1 aromatic rings. The van der Waals surface area contributed by atoms with Gasteiger partial charge < -0.3 is 5.32 Å². The molecule has 1 atom stereocenters. The molecular weight excluding hydrogens is 340 g/mol. The molecule has 1 saturated carbocycles. The number of carbonyl (C=O) groups is 1. The number of hydrogen-bond acceptors (Lipinski definition) is 4. The van der Waals surface area contributed by atoms with Gasteiger partial charge in [0.15, 0.2) is 0 Å². The molecule has 0 bridgehead atoms. The van der Waals surface area contributed by atoms with E-state index in [0.717, 1.165) is 63.0 Å². The van der Waals surface area contributed by atoms with Crippen LogP contribution in [0.3, 0.4) is 0 Å². The molecule has 6 nitrogen and oxygen atoms in total. The summed E-state index contributed by atoms with van der Waals surface area (Å²) in [7, 11) is 0. The zero-order valence-corrected chi connectivity index (χ0v) is 16.3. The third-order valence-electron chi connectivity index (χ3n) is 6.61. The molecule has 2 heterocycles. The fourth-order valence-electron chi connectivity index (χ4n) is 4.60. The molecule has 4 rings (SSSR count). The Balaban J connectivity index is 1.34. The van der Waals surface area contributed by atoms with E-state index in [4.69, 9.17) is 0 Å². The van der Waals surface area contributed by atoms with Crippen molar-refractivity contribution in [3.63, 3.8) is 0 Å². The van der Waals surface area contributed by atoms with E-state index in [1.165, 1.54) is 32.1 Å². The van der Waals surface area contributed by atoms with Gasteiger partial charge in [0.2, 0.25) is 5.91 Å². The molecular formula is C21H32N4O2. The number of likely N-dealkylation sites (tertiary alicyclic amines) is 1. The van der Waals surface area contributed by atoms with Crippen LogP contribution in [0.4, 0.5) is 0 Å². The Morgan fingerprint density at radius 1 is 1.07 bits per heavy atom. The number of nitrogens with one attached hydrogen (secondary N) is 1. The maximum atomic E-state index is 12.4. The number of rotatable bonds is 6. The molecule has 2 aliphatic carbocycles. The zero-order valence-electron chi connectivity index (χ0n) is 16.3. The van der Waals surface area contributed by atoms with Gasteiger partial charge in [-0.2, -0.15) is 5.10 Å². The first-order chi connectivity index (χ1) is 13.2. The van der Waals surface area contributed by atoms with Crippen LogP contribution in [-0.2, 0) is 24.2 Å². The molecule has 0 spiro atoms. The van der Waals surface area contributed by atoms with Gasteiger partial charge in [-0.05, 0) is 63.5 Å². The fraction of sp³-hybridized carbons (Fsp3) is 0.762. The van der Waals surface area contributed by atoms with Crippen molar-refractivity contribution in [2.24, 2.45) is 5.92 Å². The zero-order chi connectivity index (χ0) is 18.6. The molecule has 0 aromatic carbocycles. The lowest BCUT2D eigenvalue weighted by Crippen LogP contribution is -2.49. The van der Waals surface area contributed by atoms with E-state index in [-0.39, 0.29) is 17.4 Å². The molecule has 1 saturated heterocycles. The number of carbonyl (C=O) groups excluding carboxylic acids is 1. The minimum atomic E-state index is 0.0301. The Kier molecular flexibility index (Phi) is 5.91. The van der Waals surface area contributed by atoms with Crippen molar-refractivity contribution in [3.05, 3.63) is 27.7 Å². The first-order valence-corrected chi connectivity index (χ1v) is 10.8. The van der Waals surface area contributed by atoms with Crippen LogP contribution in [-0.4, -0.2) is 46.3 Å². The van der Waals surface area contributed by atoms with Gasteiger partial charge in [0.1, 0.15) is 0 Å². The maximum absolute atomic E-state index is 12.4. The van der Waals surface area contributed by atoms with E-state index in [1.807, 2.05) is 0 Å². The quantitative estimate of drug-likeness (QED) is 0.828. The van der Waals surface area contributed by atoms with Crippen molar-refractivity contribution in [2.45, 2.75) is 76.8 Å². The molecule has 1 aliphatic heterocycles. The lowest BCUT2D eigenvalue weighted by molar-refractivity contribution is -0.127. The molecule has 1 amide bonds. The number of aryl methyl sites for hydroxylation is 2. The highest BCUT2D eigenvalue weighted by Crippen LogP contribution is 2.26. The predicted molar refractivity (Wildman–Crippen MR) is 105 cm³/mol. The molecule has 1 aromatic heterocycles. The van der Waals surface area contributed by atoms with Gasteiger partial charge in [0.25, 0.3) is 5.56 Å². The van der Waals surface area contributed by atoms with Gasteiger partial charge in [-0.25, -0.2) is 4.68 Å². The van der Waals surface area contributed by atoms with Gasteiger partial charge in [0.05, 0.1) is 12.2 Å². The van der Waals surface area contributed by atoms with Gasteiger partial charge in [-0.15, -0.1) is 0 Å². The van der Waals surface area contributed by atoms with Crippen molar-refractivity contribution in [2.75, 3.05) is 19.6 Å². The number of nitrogens with zero attached hydrogens (tertiary/aromatic N) is 3. The minimum absolute atomic E-state index is 0.0301. The first-order valence-electron chi connectivity index (χ1n) is 10.8. The Morgan fingerprint density at radius 3 is 2.74 bits per heavy atom. The summed E-state index contributed by atoms with van der Waals surface area (Å²) in [5.74, 6) is 0.486. The third kappa shape index (κ3) is 4.42.